The van der Waals surface area contributed by atoms with E-state index in [9.17, 15) is 0 Å². The van der Waals surface area contributed by atoms with Crippen molar-refractivity contribution in [2.24, 2.45) is 10.7 Å². The van der Waals surface area contributed by atoms with Crippen LogP contribution in [0.1, 0.15) is 43.4 Å². The Kier molecular flexibility index (Phi) is 8.08. The maximum atomic E-state index is 5.98. The smallest absolute Gasteiger partial charge is 0.193 e. The molecular weight excluding hydrogens is 403 g/mol. The van der Waals surface area contributed by atoms with E-state index in [-0.39, 0.29) is 24.0 Å². The zero-order valence-corrected chi connectivity index (χ0v) is 16.3. The number of rotatable bonds is 6. The van der Waals surface area contributed by atoms with Gasteiger partial charge in [0, 0.05) is 17.7 Å². The van der Waals surface area contributed by atoms with Crippen molar-refractivity contribution in [2.75, 3.05) is 5.32 Å². The molecule has 0 amide bonds. The number of anilines is 1. The van der Waals surface area contributed by atoms with Crippen LogP contribution in [0.3, 0.4) is 0 Å². The number of nitrogens with one attached hydrogen (secondary N) is 1. The van der Waals surface area contributed by atoms with E-state index in [1.54, 1.807) is 0 Å². The van der Waals surface area contributed by atoms with Crippen molar-refractivity contribution in [3.63, 3.8) is 0 Å². The predicted molar refractivity (Wildman–Crippen MR) is 105 cm³/mol. The molecule has 126 valence electrons. The van der Waals surface area contributed by atoms with E-state index in [0.717, 1.165) is 42.0 Å². The molecular formula is C17H25IN4O. The zero-order chi connectivity index (χ0) is 15.9. The van der Waals surface area contributed by atoms with Gasteiger partial charge < -0.3 is 15.6 Å². The van der Waals surface area contributed by atoms with Crippen molar-refractivity contribution < 1.29 is 4.52 Å². The van der Waals surface area contributed by atoms with Gasteiger partial charge in [0.2, 0.25) is 0 Å². The summed E-state index contributed by atoms with van der Waals surface area (Å²) in [5, 5.41) is 7.22. The second-order valence-corrected chi connectivity index (χ2v) is 5.12. The molecule has 2 aromatic rings. The van der Waals surface area contributed by atoms with Crippen LogP contribution < -0.4 is 11.1 Å². The van der Waals surface area contributed by atoms with E-state index < -0.39 is 0 Å². The minimum atomic E-state index is 0. The van der Waals surface area contributed by atoms with E-state index >= 15 is 0 Å². The van der Waals surface area contributed by atoms with Gasteiger partial charge in [-0.25, -0.2) is 4.99 Å². The molecule has 0 unspecified atom stereocenters. The summed E-state index contributed by atoms with van der Waals surface area (Å²) >= 11 is 0. The molecule has 5 nitrogen and oxygen atoms in total. The number of aromatic nitrogens is 1. The van der Waals surface area contributed by atoms with Crippen LogP contribution in [0.4, 0.5) is 5.69 Å². The summed E-state index contributed by atoms with van der Waals surface area (Å²) in [7, 11) is 0. The number of aliphatic imine (C=N–C) groups is 1. The molecule has 0 radical (unpaired) electrons. The lowest BCUT2D eigenvalue weighted by atomic mass is 10.1. The van der Waals surface area contributed by atoms with Gasteiger partial charge in [-0.2, -0.15) is 0 Å². The monoisotopic (exact) mass is 428 g/mol. The number of nitrogens with zero attached hydrogens (tertiary/aromatic N) is 2. The van der Waals surface area contributed by atoms with Crippen LogP contribution in [0.5, 0.6) is 0 Å². The van der Waals surface area contributed by atoms with Crippen molar-refractivity contribution >= 4 is 35.6 Å². The van der Waals surface area contributed by atoms with Crippen LogP contribution in [0.25, 0.3) is 0 Å². The molecule has 0 aliphatic rings. The summed E-state index contributed by atoms with van der Waals surface area (Å²) in [6.07, 6.45) is 2.64. The number of aryl methyl sites for hydroxylation is 3. The van der Waals surface area contributed by atoms with Gasteiger partial charge in [0.25, 0.3) is 0 Å². The second-order valence-electron chi connectivity index (χ2n) is 5.12. The standard InChI is InChI=1S/C17H24N4O.HI/c1-4-12-8-7-9-13(10-12)20-17(18)19-11-14-15(5-2)21-22-16(14)6-3;/h7-10H,4-6,11H2,1-3H3,(H3,18,19,20);1H. The largest absolute Gasteiger partial charge is 0.370 e. The first kappa shape index (κ1) is 19.5. The minimum absolute atomic E-state index is 0. The number of halogens is 1. The highest BCUT2D eigenvalue weighted by atomic mass is 127. The van der Waals surface area contributed by atoms with Gasteiger partial charge in [0.15, 0.2) is 5.96 Å². The summed E-state index contributed by atoms with van der Waals surface area (Å²) in [6.45, 7) is 6.72. The van der Waals surface area contributed by atoms with Crippen molar-refractivity contribution in [1.29, 1.82) is 0 Å². The average molecular weight is 428 g/mol. The average Bonchev–Trinajstić information content (AvgIpc) is 2.95. The molecule has 1 heterocycles. The van der Waals surface area contributed by atoms with E-state index in [1.807, 2.05) is 19.1 Å². The zero-order valence-electron chi connectivity index (χ0n) is 13.9. The fraction of sp³-hybridized carbons (Fsp3) is 0.412. The molecule has 23 heavy (non-hydrogen) atoms. The van der Waals surface area contributed by atoms with E-state index in [2.05, 4.69) is 41.4 Å². The Balaban J connectivity index is 0.00000264. The second kappa shape index (κ2) is 9.54. The molecule has 0 atom stereocenters. The van der Waals surface area contributed by atoms with Gasteiger partial charge in [-0.3, -0.25) is 0 Å². The lowest BCUT2D eigenvalue weighted by Crippen LogP contribution is -2.22. The molecule has 0 saturated carbocycles. The topological polar surface area (TPSA) is 76.4 Å². The van der Waals surface area contributed by atoms with Crippen LogP contribution in [0.15, 0.2) is 33.8 Å². The van der Waals surface area contributed by atoms with Gasteiger partial charge in [-0.05, 0) is 30.5 Å². The summed E-state index contributed by atoms with van der Waals surface area (Å²) < 4.78 is 5.34. The molecule has 6 heteroatoms. The third-order valence-electron chi connectivity index (χ3n) is 3.62. The summed E-state index contributed by atoms with van der Waals surface area (Å²) in [5.74, 6) is 1.29. The first-order valence-corrected chi connectivity index (χ1v) is 7.80. The molecule has 0 aliphatic heterocycles. The van der Waals surface area contributed by atoms with Crippen LogP contribution in [-0.4, -0.2) is 11.1 Å². The first-order chi connectivity index (χ1) is 10.7. The van der Waals surface area contributed by atoms with Crippen molar-refractivity contribution in [3.8, 4) is 0 Å². The Labute approximate surface area is 154 Å². The third kappa shape index (κ3) is 5.23. The highest BCUT2D eigenvalue weighted by molar-refractivity contribution is 14.0. The van der Waals surface area contributed by atoms with Crippen LogP contribution in [-0.2, 0) is 25.8 Å². The fourth-order valence-corrected chi connectivity index (χ4v) is 2.34. The molecule has 0 fully saturated rings. The Morgan fingerprint density at radius 2 is 2.00 bits per heavy atom. The van der Waals surface area contributed by atoms with E-state index in [0.29, 0.717) is 12.5 Å². The Hall–Kier alpha value is -1.57. The minimum Gasteiger partial charge on any atom is -0.370 e. The number of nitrogens with two attached hydrogens (primary N) is 1. The maximum Gasteiger partial charge on any atom is 0.193 e. The van der Waals surface area contributed by atoms with Gasteiger partial charge in [0.05, 0.1) is 12.2 Å². The number of hydrogen-bond acceptors (Lipinski definition) is 3. The number of hydrogen-bond donors (Lipinski definition) is 2. The van der Waals surface area contributed by atoms with Gasteiger partial charge in [-0.1, -0.05) is 38.1 Å². The molecule has 0 aliphatic carbocycles. The maximum absolute atomic E-state index is 5.98. The molecule has 1 aromatic heterocycles. The van der Waals surface area contributed by atoms with Crippen LogP contribution >= 0.6 is 24.0 Å². The van der Waals surface area contributed by atoms with Crippen LogP contribution in [0, 0.1) is 0 Å². The highest BCUT2D eigenvalue weighted by Gasteiger charge is 2.12. The molecule has 0 saturated heterocycles. The predicted octanol–water partition coefficient (Wildman–Crippen LogP) is 3.91. The summed E-state index contributed by atoms with van der Waals surface area (Å²) in [4.78, 5) is 4.42. The van der Waals surface area contributed by atoms with Gasteiger partial charge in [0.1, 0.15) is 5.76 Å². The highest BCUT2D eigenvalue weighted by Crippen LogP contribution is 2.17. The fourth-order valence-electron chi connectivity index (χ4n) is 2.34. The SMILES string of the molecule is CCc1cccc(NC(N)=NCc2c(CC)noc2CC)c1.I. The Morgan fingerprint density at radius 3 is 2.65 bits per heavy atom. The molecule has 1 aromatic carbocycles. The van der Waals surface area contributed by atoms with Crippen LogP contribution in [0.2, 0.25) is 0 Å². The lowest BCUT2D eigenvalue weighted by molar-refractivity contribution is 0.380. The van der Waals surface area contributed by atoms with Crippen molar-refractivity contribution in [2.45, 2.75) is 46.6 Å². The quantitative estimate of drug-likeness (QED) is 0.416. The molecule has 0 spiro atoms. The molecule has 2 rings (SSSR count). The molecule has 0 bridgehead atoms. The summed E-state index contributed by atoms with van der Waals surface area (Å²) in [5.41, 5.74) is 10.2. The van der Waals surface area contributed by atoms with E-state index in [4.69, 9.17) is 10.3 Å². The van der Waals surface area contributed by atoms with Crippen molar-refractivity contribution in [3.05, 3.63) is 46.8 Å². The normalized spacial score (nSPS) is 11.2. The third-order valence-corrected chi connectivity index (χ3v) is 3.62. The Morgan fingerprint density at radius 1 is 1.22 bits per heavy atom. The van der Waals surface area contributed by atoms with Crippen molar-refractivity contribution in [1.82, 2.24) is 5.16 Å². The molecule has 3 N–H and O–H groups in total. The lowest BCUT2D eigenvalue weighted by Gasteiger charge is -2.07. The Bertz CT molecular complexity index is 630. The first-order valence-electron chi connectivity index (χ1n) is 7.80. The van der Waals surface area contributed by atoms with Gasteiger partial charge >= 0.3 is 0 Å². The summed E-state index contributed by atoms with van der Waals surface area (Å²) in [6, 6.07) is 8.17. The van der Waals surface area contributed by atoms with Gasteiger partial charge in [-0.15, -0.1) is 24.0 Å². The number of benzene rings is 1. The van der Waals surface area contributed by atoms with E-state index in [1.165, 1.54) is 5.56 Å². The number of guanidine groups is 1.